The fraction of sp³-hybridized carbons (Fsp3) is 0.0870. The fourth-order valence-electron chi connectivity index (χ4n) is 3.07. The van der Waals surface area contributed by atoms with E-state index in [9.17, 15) is 4.79 Å². The molecule has 0 aliphatic carbocycles. The molecule has 0 saturated heterocycles. The molecule has 4 aromatic rings. The Balaban J connectivity index is 1.60. The van der Waals surface area contributed by atoms with Crippen molar-refractivity contribution in [2.75, 3.05) is 16.8 Å². The summed E-state index contributed by atoms with van der Waals surface area (Å²) >= 11 is 1.34. The number of amides is 1. The van der Waals surface area contributed by atoms with Crippen molar-refractivity contribution < 1.29 is 4.79 Å². The first-order valence-electron chi connectivity index (χ1n) is 9.47. The summed E-state index contributed by atoms with van der Waals surface area (Å²) in [5.74, 6) is 0.800. The molecule has 0 aliphatic rings. The fourth-order valence-corrected chi connectivity index (χ4v) is 3.82. The highest BCUT2D eigenvalue weighted by Crippen LogP contribution is 2.29. The standard InChI is InChI=1S/C23H21N5OS/c1-16-8-5-6-13-20(16)25-21(29)15-30-23-27-26-22(17-9-7-10-18(24)14-17)28(23)19-11-3-2-4-12-19/h2-14H,15,24H2,1H3,(H,25,29). The van der Waals surface area contributed by atoms with Gasteiger partial charge in [0.05, 0.1) is 5.75 Å². The molecule has 3 N–H and O–H groups in total. The minimum atomic E-state index is -0.0950. The zero-order valence-corrected chi connectivity index (χ0v) is 17.3. The average molecular weight is 416 g/mol. The van der Waals surface area contributed by atoms with E-state index >= 15 is 0 Å². The van der Waals surface area contributed by atoms with Crippen LogP contribution in [-0.4, -0.2) is 26.4 Å². The van der Waals surface area contributed by atoms with Crippen LogP contribution in [0.25, 0.3) is 17.1 Å². The molecule has 1 amide bonds. The van der Waals surface area contributed by atoms with E-state index in [2.05, 4.69) is 15.5 Å². The molecule has 4 rings (SSSR count). The van der Waals surface area contributed by atoms with Crippen molar-refractivity contribution in [1.29, 1.82) is 0 Å². The molecule has 150 valence electrons. The predicted octanol–water partition coefficient (Wildman–Crippen LogP) is 4.56. The molecule has 0 aliphatic heterocycles. The number of aryl methyl sites for hydroxylation is 1. The maximum atomic E-state index is 12.5. The molecular formula is C23H21N5OS. The predicted molar refractivity (Wildman–Crippen MR) is 122 cm³/mol. The van der Waals surface area contributed by atoms with E-state index in [1.165, 1.54) is 11.8 Å². The van der Waals surface area contributed by atoms with Gasteiger partial charge in [-0.2, -0.15) is 0 Å². The average Bonchev–Trinajstić information content (AvgIpc) is 3.18. The number of rotatable bonds is 6. The van der Waals surface area contributed by atoms with Gasteiger partial charge in [0.1, 0.15) is 0 Å². The lowest BCUT2D eigenvalue weighted by Crippen LogP contribution is -2.15. The summed E-state index contributed by atoms with van der Waals surface area (Å²) in [6.45, 7) is 1.96. The van der Waals surface area contributed by atoms with Crippen LogP contribution >= 0.6 is 11.8 Å². The Morgan fingerprint density at radius 1 is 1.00 bits per heavy atom. The number of hydrogen-bond acceptors (Lipinski definition) is 5. The van der Waals surface area contributed by atoms with Crippen molar-refractivity contribution in [2.45, 2.75) is 12.1 Å². The van der Waals surface area contributed by atoms with E-state index < -0.39 is 0 Å². The van der Waals surface area contributed by atoms with Crippen molar-refractivity contribution in [3.63, 3.8) is 0 Å². The zero-order chi connectivity index (χ0) is 20.9. The summed E-state index contributed by atoms with van der Waals surface area (Å²) < 4.78 is 1.94. The van der Waals surface area contributed by atoms with Gasteiger partial charge in [0.25, 0.3) is 0 Å². The molecule has 0 saturated carbocycles. The topological polar surface area (TPSA) is 85.8 Å². The second-order valence-electron chi connectivity index (χ2n) is 6.75. The number of nitrogens with zero attached hydrogens (tertiary/aromatic N) is 3. The van der Waals surface area contributed by atoms with E-state index in [-0.39, 0.29) is 11.7 Å². The molecule has 6 nitrogen and oxygen atoms in total. The normalized spacial score (nSPS) is 10.7. The van der Waals surface area contributed by atoms with Gasteiger partial charge >= 0.3 is 0 Å². The monoisotopic (exact) mass is 415 g/mol. The van der Waals surface area contributed by atoms with E-state index in [4.69, 9.17) is 5.73 Å². The molecule has 0 fully saturated rings. The Morgan fingerprint density at radius 2 is 1.77 bits per heavy atom. The van der Waals surface area contributed by atoms with Crippen LogP contribution in [-0.2, 0) is 4.79 Å². The Kier molecular flexibility index (Phi) is 5.81. The van der Waals surface area contributed by atoms with Crippen molar-refractivity contribution in [3.8, 4) is 17.1 Å². The Hall–Kier alpha value is -3.58. The first kappa shape index (κ1) is 19.7. The molecule has 7 heteroatoms. The second kappa shape index (κ2) is 8.84. The van der Waals surface area contributed by atoms with Crippen molar-refractivity contribution >= 4 is 29.0 Å². The molecule has 0 bridgehead atoms. The van der Waals surface area contributed by atoms with E-state index in [0.717, 1.165) is 22.5 Å². The molecule has 30 heavy (non-hydrogen) atoms. The van der Waals surface area contributed by atoms with Crippen LogP contribution < -0.4 is 11.1 Å². The Bertz CT molecular complexity index is 1170. The maximum absolute atomic E-state index is 12.5. The van der Waals surface area contributed by atoms with Gasteiger partial charge in [-0.1, -0.05) is 60.3 Å². The third-order valence-electron chi connectivity index (χ3n) is 4.54. The Morgan fingerprint density at radius 3 is 2.53 bits per heavy atom. The van der Waals surface area contributed by atoms with Gasteiger partial charge in [-0.25, -0.2) is 0 Å². The van der Waals surface area contributed by atoms with Crippen LogP contribution in [0.5, 0.6) is 0 Å². The Labute approximate surface area is 179 Å². The van der Waals surface area contributed by atoms with Gasteiger partial charge in [0, 0.05) is 22.6 Å². The summed E-state index contributed by atoms with van der Waals surface area (Å²) in [5, 5.41) is 12.3. The summed E-state index contributed by atoms with van der Waals surface area (Å²) in [6.07, 6.45) is 0. The number of nitrogens with two attached hydrogens (primary N) is 1. The number of carbonyl (C=O) groups is 1. The van der Waals surface area contributed by atoms with Gasteiger partial charge in [0.15, 0.2) is 11.0 Å². The van der Waals surface area contributed by atoms with E-state index in [1.54, 1.807) is 0 Å². The van der Waals surface area contributed by atoms with Gasteiger partial charge in [0.2, 0.25) is 5.91 Å². The number of para-hydroxylation sites is 2. The van der Waals surface area contributed by atoms with Crippen LogP contribution in [0.15, 0.2) is 84.0 Å². The molecule has 0 unspecified atom stereocenters. The molecular weight excluding hydrogens is 394 g/mol. The summed E-state index contributed by atoms with van der Waals surface area (Å²) in [7, 11) is 0. The maximum Gasteiger partial charge on any atom is 0.234 e. The number of nitrogen functional groups attached to an aromatic ring is 1. The lowest BCUT2D eigenvalue weighted by molar-refractivity contribution is -0.113. The van der Waals surface area contributed by atoms with Crippen LogP contribution in [0.1, 0.15) is 5.56 Å². The first-order valence-corrected chi connectivity index (χ1v) is 10.5. The SMILES string of the molecule is Cc1ccccc1NC(=O)CSc1nnc(-c2cccc(N)c2)n1-c1ccccc1. The zero-order valence-electron chi connectivity index (χ0n) is 16.4. The van der Waals surface area contributed by atoms with Crippen LogP contribution in [0, 0.1) is 6.92 Å². The summed E-state index contributed by atoms with van der Waals surface area (Å²) in [6, 6.07) is 25.1. The van der Waals surface area contributed by atoms with Crippen molar-refractivity contribution in [3.05, 3.63) is 84.4 Å². The highest BCUT2D eigenvalue weighted by Gasteiger charge is 2.17. The lowest BCUT2D eigenvalue weighted by atomic mass is 10.2. The quantitative estimate of drug-likeness (QED) is 0.356. The third-order valence-corrected chi connectivity index (χ3v) is 5.47. The molecule has 1 heterocycles. The van der Waals surface area contributed by atoms with Gasteiger partial charge in [-0.3, -0.25) is 9.36 Å². The summed E-state index contributed by atoms with van der Waals surface area (Å²) in [4.78, 5) is 12.5. The van der Waals surface area contributed by atoms with Crippen molar-refractivity contribution in [2.24, 2.45) is 0 Å². The number of thioether (sulfide) groups is 1. The van der Waals surface area contributed by atoms with Crippen molar-refractivity contribution in [1.82, 2.24) is 14.8 Å². The van der Waals surface area contributed by atoms with E-state index in [1.807, 2.05) is 90.4 Å². The van der Waals surface area contributed by atoms with Crippen LogP contribution in [0.4, 0.5) is 11.4 Å². The van der Waals surface area contributed by atoms with Gasteiger partial charge in [-0.15, -0.1) is 10.2 Å². The first-order chi connectivity index (χ1) is 14.6. The molecule has 0 radical (unpaired) electrons. The van der Waals surface area contributed by atoms with Crippen LogP contribution in [0.2, 0.25) is 0 Å². The van der Waals surface area contributed by atoms with E-state index in [0.29, 0.717) is 16.7 Å². The number of anilines is 2. The van der Waals surface area contributed by atoms with Gasteiger partial charge < -0.3 is 11.1 Å². The third kappa shape index (κ3) is 4.36. The number of benzene rings is 3. The lowest BCUT2D eigenvalue weighted by Gasteiger charge is -2.11. The number of nitrogens with one attached hydrogen (secondary N) is 1. The molecule has 0 spiro atoms. The molecule has 0 atom stereocenters. The second-order valence-corrected chi connectivity index (χ2v) is 7.70. The minimum absolute atomic E-state index is 0.0950. The highest BCUT2D eigenvalue weighted by atomic mass is 32.2. The number of aromatic nitrogens is 3. The summed E-state index contributed by atoms with van der Waals surface area (Å²) in [5.41, 5.74) is 10.2. The molecule has 3 aromatic carbocycles. The number of carbonyl (C=O) groups excluding carboxylic acids is 1. The molecule has 1 aromatic heterocycles. The smallest absolute Gasteiger partial charge is 0.234 e. The minimum Gasteiger partial charge on any atom is -0.399 e. The number of hydrogen-bond donors (Lipinski definition) is 2. The largest absolute Gasteiger partial charge is 0.399 e. The highest BCUT2D eigenvalue weighted by molar-refractivity contribution is 7.99. The van der Waals surface area contributed by atoms with Crippen LogP contribution in [0.3, 0.4) is 0 Å². The van der Waals surface area contributed by atoms with Gasteiger partial charge in [-0.05, 0) is 42.8 Å².